The Hall–Kier alpha value is -5.24. The molecule has 4 unspecified atom stereocenters. The Labute approximate surface area is 239 Å². The van der Waals surface area contributed by atoms with Crippen molar-refractivity contribution < 1.29 is 39.0 Å². The number of amides is 4. The second-order valence-corrected chi connectivity index (χ2v) is 9.65. The standard InChI is InChI=1S/C28H32N6O8/c29-18(12-23(30)35)25(38)32-20(10-15-6-2-1-3-7-15)26(39)33-21(13-24(36)37)27(40)34-22(28(41)42)11-16-14-31-19-9-5-4-8-17(16)19/h1-9,14,18,20-22,31H,10-13,29H2,(H2,30,35)(H,32,38)(H,33,39)(H,34,40)(H,36,37)(H,41,42). The van der Waals surface area contributed by atoms with Crippen LogP contribution < -0.4 is 27.4 Å². The maximum absolute atomic E-state index is 13.3. The summed E-state index contributed by atoms with van der Waals surface area (Å²) in [7, 11) is 0. The van der Waals surface area contributed by atoms with Crippen LogP contribution in [0.5, 0.6) is 0 Å². The molecule has 0 saturated carbocycles. The van der Waals surface area contributed by atoms with Crippen molar-refractivity contribution in [2.24, 2.45) is 11.5 Å². The van der Waals surface area contributed by atoms with Crippen LogP contribution in [-0.2, 0) is 41.6 Å². The van der Waals surface area contributed by atoms with Gasteiger partial charge in [0.25, 0.3) is 0 Å². The first kappa shape index (κ1) is 31.3. The molecular weight excluding hydrogens is 548 g/mol. The summed E-state index contributed by atoms with van der Waals surface area (Å²) < 4.78 is 0. The number of carbonyl (C=O) groups is 6. The van der Waals surface area contributed by atoms with Gasteiger partial charge in [-0.2, -0.15) is 0 Å². The van der Waals surface area contributed by atoms with Crippen molar-refractivity contribution in [1.82, 2.24) is 20.9 Å². The average Bonchev–Trinajstić information content (AvgIpc) is 3.34. The number of carboxylic acid groups (broad SMARTS) is 2. The Bertz CT molecular complexity index is 1460. The summed E-state index contributed by atoms with van der Waals surface area (Å²) in [6.45, 7) is 0. The minimum atomic E-state index is -1.69. The number of carbonyl (C=O) groups excluding carboxylic acids is 4. The Balaban J connectivity index is 1.78. The predicted octanol–water partition coefficient (Wildman–Crippen LogP) is -0.830. The fourth-order valence-electron chi connectivity index (χ4n) is 4.30. The fraction of sp³-hybridized carbons (Fsp3) is 0.286. The summed E-state index contributed by atoms with van der Waals surface area (Å²) in [5, 5.41) is 27.0. The van der Waals surface area contributed by atoms with Crippen molar-refractivity contribution in [2.45, 2.75) is 49.9 Å². The second kappa shape index (κ2) is 14.4. The lowest BCUT2D eigenvalue weighted by Gasteiger charge is -2.24. The van der Waals surface area contributed by atoms with Crippen molar-refractivity contribution in [1.29, 1.82) is 0 Å². The summed E-state index contributed by atoms with van der Waals surface area (Å²) >= 11 is 0. The Morgan fingerprint density at radius 2 is 1.33 bits per heavy atom. The minimum Gasteiger partial charge on any atom is -0.481 e. The predicted molar refractivity (Wildman–Crippen MR) is 150 cm³/mol. The largest absolute Gasteiger partial charge is 0.481 e. The van der Waals surface area contributed by atoms with Crippen LogP contribution in [0.4, 0.5) is 0 Å². The van der Waals surface area contributed by atoms with Gasteiger partial charge in [-0.1, -0.05) is 48.5 Å². The van der Waals surface area contributed by atoms with Gasteiger partial charge in [0.15, 0.2) is 0 Å². The molecule has 42 heavy (non-hydrogen) atoms. The second-order valence-electron chi connectivity index (χ2n) is 9.65. The molecule has 0 saturated heterocycles. The van der Waals surface area contributed by atoms with E-state index in [1.165, 1.54) is 0 Å². The van der Waals surface area contributed by atoms with E-state index in [9.17, 15) is 39.0 Å². The van der Waals surface area contributed by atoms with E-state index < -0.39 is 72.6 Å². The number of rotatable bonds is 15. The maximum atomic E-state index is 13.3. The number of nitrogens with one attached hydrogen (secondary N) is 4. The van der Waals surface area contributed by atoms with Crippen molar-refractivity contribution in [3.05, 3.63) is 71.9 Å². The molecule has 0 radical (unpaired) electrons. The van der Waals surface area contributed by atoms with Gasteiger partial charge in [-0.3, -0.25) is 24.0 Å². The molecular formula is C28H32N6O8. The number of primary amides is 1. The summed E-state index contributed by atoms with van der Waals surface area (Å²) in [6.07, 6.45) is 0.0700. The topological polar surface area (TPSA) is 247 Å². The monoisotopic (exact) mass is 580 g/mol. The molecule has 1 heterocycles. The highest BCUT2D eigenvalue weighted by atomic mass is 16.4. The number of carboxylic acids is 2. The summed E-state index contributed by atoms with van der Waals surface area (Å²) in [5.41, 5.74) is 12.8. The van der Waals surface area contributed by atoms with Gasteiger partial charge in [-0.15, -0.1) is 0 Å². The summed E-state index contributed by atoms with van der Waals surface area (Å²) in [5.74, 6) is -6.48. The van der Waals surface area contributed by atoms with Gasteiger partial charge < -0.3 is 42.6 Å². The number of para-hydroxylation sites is 1. The lowest BCUT2D eigenvalue weighted by molar-refractivity contribution is -0.143. The molecule has 0 spiro atoms. The van der Waals surface area contributed by atoms with E-state index in [4.69, 9.17) is 11.5 Å². The normalized spacial score (nSPS) is 13.7. The third kappa shape index (κ3) is 8.89. The summed E-state index contributed by atoms with van der Waals surface area (Å²) in [6, 6.07) is 9.85. The molecule has 10 N–H and O–H groups in total. The zero-order valence-corrected chi connectivity index (χ0v) is 22.4. The molecule has 3 aromatic rings. The van der Waals surface area contributed by atoms with Gasteiger partial charge in [0.2, 0.25) is 23.6 Å². The molecule has 0 aliphatic heterocycles. The van der Waals surface area contributed by atoms with Crippen molar-refractivity contribution in [3.63, 3.8) is 0 Å². The fourth-order valence-corrected chi connectivity index (χ4v) is 4.30. The number of fused-ring (bicyclic) bond motifs is 1. The van der Waals surface area contributed by atoms with Crippen LogP contribution in [0.2, 0.25) is 0 Å². The molecule has 1 aromatic heterocycles. The molecule has 0 bridgehead atoms. The lowest BCUT2D eigenvalue weighted by atomic mass is 10.0. The number of aromatic nitrogens is 1. The number of aliphatic carboxylic acids is 2. The highest BCUT2D eigenvalue weighted by Crippen LogP contribution is 2.19. The molecule has 222 valence electrons. The molecule has 0 fully saturated rings. The van der Waals surface area contributed by atoms with Crippen LogP contribution in [0.25, 0.3) is 10.9 Å². The van der Waals surface area contributed by atoms with E-state index in [-0.39, 0.29) is 12.8 Å². The Morgan fingerprint density at radius 1 is 0.738 bits per heavy atom. The van der Waals surface area contributed by atoms with E-state index in [2.05, 4.69) is 20.9 Å². The number of aromatic amines is 1. The highest BCUT2D eigenvalue weighted by Gasteiger charge is 2.32. The van der Waals surface area contributed by atoms with Gasteiger partial charge in [0.1, 0.15) is 18.1 Å². The molecule has 0 aliphatic rings. The van der Waals surface area contributed by atoms with Crippen LogP contribution in [-0.4, -0.2) is 74.9 Å². The molecule has 14 heteroatoms. The first-order valence-corrected chi connectivity index (χ1v) is 12.9. The van der Waals surface area contributed by atoms with Crippen molar-refractivity contribution in [2.75, 3.05) is 0 Å². The molecule has 0 aliphatic carbocycles. The number of hydrogen-bond acceptors (Lipinski definition) is 7. The van der Waals surface area contributed by atoms with E-state index in [0.29, 0.717) is 11.1 Å². The molecule has 14 nitrogen and oxygen atoms in total. The van der Waals surface area contributed by atoms with Crippen LogP contribution in [0, 0.1) is 0 Å². The van der Waals surface area contributed by atoms with E-state index in [0.717, 1.165) is 10.9 Å². The highest BCUT2D eigenvalue weighted by molar-refractivity contribution is 5.96. The first-order valence-electron chi connectivity index (χ1n) is 12.9. The minimum absolute atomic E-state index is 0.0680. The van der Waals surface area contributed by atoms with Gasteiger partial charge in [-0.05, 0) is 17.2 Å². The smallest absolute Gasteiger partial charge is 0.326 e. The zero-order chi connectivity index (χ0) is 30.8. The van der Waals surface area contributed by atoms with Gasteiger partial charge in [0.05, 0.1) is 18.9 Å². The maximum Gasteiger partial charge on any atom is 0.326 e. The molecule has 3 rings (SSSR count). The van der Waals surface area contributed by atoms with Crippen LogP contribution >= 0.6 is 0 Å². The third-order valence-electron chi connectivity index (χ3n) is 6.40. The summed E-state index contributed by atoms with van der Waals surface area (Å²) in [4.78, 5) is 76.8. The van der Waals surface area contributed by atoms with E-state index in [1.807, 2.05) is 0 Å². The van der Waals surface area contributed by atoms with Crippen molar-refractivity contribution >= 4 is 46.5 Å². The SMILES string of the molecule is NC(=O)CC(N)C(=O)NC(Cc1ccccc1)C(=O)NC(CC(=O)O)C(=O)NC(Cc1c[nH]c2ccccc12)C(=O)O. The van der Waals surface area contributed by atoms with Gasteiger partial charge >= 0.3 is 11.9 Å². The Morgan fingerprint density at radius 3 is 1.98 bits per heavy atom. The molecule has 4 atom stereocenters. The van der Waals surface area contributed by atoms with Crippen LogP contribution in [0.15, 0.2) is 60.8 Å². The average molecular weight is 581 g/mol. The van der Waals surface area contributed by atoms with Crippen LogP contribution in [0.1, 0.15) is 24.0 Å². The van der Waals surface area contributed by atoms with Crippen LogP contribution in [0.3, 0.4) is 0 Å². The zero-order valence-electron chi connectivity index (χ0n) is 22.4. The number of nitrogens with two attached hydrogens (primary N) is 2. The van der Waals surface area contributed by atoms with Crippen molar-refractivity contribution in [3.8, 4) is 0 Å². The van der Waals surface area contributed by atoms with Gasteiger partial charge in [-0.25, -0.2) is 4.79 Å². The van der Waals surface area contributed by atoms with E-state index >= 15 is 0 Å². The van der Waals surface area contributed by atoms with E-state index in [1.54, 1.807) is 60.8 Å². The Kier molecular flexibility index (Phi) is 10.7. The lowest BCUT2D eigenvalue weighted by Crippen LogP contribution is -2.58. The quantitative estimate of drug-likeness (QED) is 0.112. The molecule has 4 amide bonds. The third-order valence-corrected chi connectivity index (χ3v) is 6.40. The van der Waals surface area contributed by atoms with Gasteiger partial charge in [0, 0.05) is 29.9 Å². The first-order chi connectivity index (χ1) is 19.9. The molecule has 2 aromatic carbocycles. The number of H-pyrrole nitrogens is 1. The number of hydrogen-bond donors (Lipinski definition) is 8. The number of benzene rings is 2.